The number of carbonyl (C=O) groups excluding carboxylic acids is 1. The van der Waals surface area contributed by atoms with Gasteiger partial charge in [-0.15, -0.1) is 13.2 Å². The second-order valence-corrected chi connectivity index (χ2v) is 9.00. The molecule has 2 nitrogen and oxygen atoms in total. The molecule has 1 atom stereocenters. The maximum absolute atomic E-state index is 13.2. The van der Waals surface area contributed by atoms with Gasteiger partial charge in [0.1, 0.15) is 0 Å². The molecule has 114 valence electrons. The van der Waals surface area contributed by atoms with Crippen LogP contribution in [0.5, 0.6) is 0 Å². The number of hydrogen-bond donors (Lipinski definition) is 0. The van der Waals surface area contributed by atoms with Crippen LogP contribution in [0.1, 0.15) is 30.6 Å². The largest absolute Gasteiger partial charge is 0.323 e. The molecule has 1 aromatic rings. The Morgan fingerprint density at radius 1 is 1.14 bits per heavy atom. The molecule has 0 aliphatic rings. The van der Waals surface area contributed by atoms with Crippen molar-refractivity contribution in [1.82, 2.24) is 0 Å². The molecule has 1 aromatic carbocycles. The van der Waals surface area contributed by atoms with Crippen LogP contribution in [0.2, 0.25) is 0 Å². The van der Waals surface area contributed by atoms with Gasteiger partial charge in [0.2, 0.25) is 0 Å². The van der Waals surface area contributed by atoms with Gasteiger partial charge in [-0.3, -0.25) is 4.79 Å². The Balaban J connectivity index is 3.01. The van der Waals surface area contributed by atoms with Gasteiger partial charge in [-0.2, -0.15) is 0 Å². The van der Waals surface area contributed by atoms with Crippen molar-refractivity contribution < 1.29 is 9.36 Å². The van der Waals surface area contributed by atoms with E-state index in [1.54, 1.807) is 12.2 Å². The molecule has 0 heterocycles. The summed E-state index contributed by atoms with van der Waals surface area (Å²) in [6.07, 6.45) is 4.65. The van der Waals surface area contributed by atoms with E-state index in [1.165, 1.54) is 0 Å². The number of hydrogen-bond acceptors (Lipinski definition) is 2. The van der Waals surface area contributed by atoms with Crippen molar-refractivity contribution in [3.05, 3.63) is 61.2 Å². The minimum Gasteiger partial charge on any atom is -0.323 e. The van der Waals surface area contributed by atoms with Gasteiger partial charge in [0, 0.05) is 30.0 Å². The maximum atomic E-state index is 13.2. The average molecular weight is 304 g/mol. The topological polar surface area (TPSA) is 34.1 Å². The van der Waals surface area contributed by atoms with Crippen LogP contribution in [0.15, 0.2) is 55.6 Å². The molecule has 0 bridgehead atoms. The molecule has 0 aliphatic carbocycles. The summed E-state index contributed by atoms with van der Waals surface area (Å²) in [5.74, 6) is 0.242. The van der Waals surface area contributed by atoms with E-state index in [9.17, 15) is 9.36 Å². The summed E-state index contributed by atoms with van der Waals surface area (Å²) in [7, 11) is -2.52. The average Bonchev–Trinajstić information content (AvgIpc) is 2.45. The fraction of sp³-hybridized carbons (Fsp3) is 0.389. The fourth-order valence-electron chi connectivity index (χ4n) is 2.66. The molecule has 0 unspecified atom stereocenters. The van der Waals surface area contributed by atoms with Gasteiger partial charge in [0.15, 0.2) is 5.78 Å². The highest BCUT2D eigenvalue weighted by atomic mass is 31.2. The second-order valence-electron chi connectivity index (χ2n) is 5.70. The van der Waals surface area contributed by atoms with E-state index < -0.39 is 7.14 Å². The smallest absolute Gasteiger partial charge is 0.163 e. The molecule has 0 radical (unpaired) electrons. The van der Waals surface area contributed by atoms with Gasteiger partial charge in [-0.05, 0) is 5.92 Å². The Morgan fingerprint density at radius 3 is 2.10 bits per heavy atom. The first-order chi connectivity index (χ1) is 9.94. The van der Waals surface area contributed by atoms with Crippen LogP contribution in [-0.2, 0) is 4.57 Å². The van der Waals surface area contributed by atoms with Gasteiger partial charge in [-0.25, -0.2) is 0 Å². The highest BCUT2D eigenvalue weighted by Crippen LogP contribution is 2.55. The van der Waals surface area contributed by atoms with Crippen molar-refractivity contribution in [2.75, 3.05) is 12.3 Å². The molecule has 0 saturated carbocycles. The van der Waals surface area contributed by atoms with Crippen molar-refractivity contribution in [3.63, 3.8) is 0 Å². The standard InChI is InChI=1S/C18H25O2P/c1-5-12-21(20,13-6-2)18(15(3)4)14-17(19)16-10-8-7-9-11-16/h5-11,15,18H,1-2,12-14H2,3-4H3/t18-/m0/s1. The minimum atomic E-state index is -2.52. The number of ketones is 1. The summed E-state index contributed by atoms with van der Waals surface area (Å²) in [6, 6.07) is 9.21. The zero-order valence-electron chi connectivity index (χ0n) is 13.0. The molecular weight excluding hydrogens is 279 g/mol. The van der Waals surface area contributed by atoms with Gasteiger partial charge in [-0.1, -0.05) is 56.3 Å². The lowest BCUT2D eigenvalue weighted by molar-refractivity contribution is 0.0976. The fourth-order valence-corrected chi connectivity index (χ4v) is 5.81. The predicted octanol–water partition coefficient (Wildman–Crippen LogP) is 5.02. The third kappa shape index (κ3) is 4.82. The first kappa shape index (κ1) is 17.7. The van der Waals surface area contributed by atoms with Crippen molar-refractivity contribution in [1.29, 1.82) is 0 Å². The van der Waals surface area contributed by atoms with Crippen LogP contribution >= 0.6 is 7.14 Å². The van der Waals surface area contributed by atoms with E-state index in [1.807, 2.05) is 44.2 Å². The molecule has 21 heavy (non-hydrogen) atoms. The number of Topliss-reactive ketones (excluding diaryl/α,β-unsaturated/α-hetero) is 1. The number of rotatable bonds is 9. The van der Waals surface area contributed by atoms with Crippen LogP contribution in [0.25, 0.3) is 0 Å². The lowest BCUT2D eigenvalue weighted by atomic mass is 10.0. The number of carbonyl (C=O) groups is 1. The predicted molar refractivity (Wildman–Crippen MR) is 91.8 cm³/mol. The van der Waals surface area contributed by atoms with Gasteiger partial charge in [0.05, 0.1) is 7.14 Å². The van der Waals surface area contributed by atoms with Crippen molar-refractivity contribution in [2.24, 2.45) is 5.92 Å². The summed E-state index contributed by atoms with van der Waals surface area (Å²) in [5, 5.41) is 0. The van der Waals surface area contributed by atoms with E-state index >= 15 is 0 Å². The van der Waals surface area contributed by atoms with E-state index in [2.05, 4.69) is 13.2 Å². The highest BCUT2D eigenvalue weighted by Gasteiger charge is 2.34. The number of benzene rings is 1. The molecule has 0 fully saturated rings. The van der Waals surface area contributed by atoms with E-state index in [-0.39, 0.29) is 17.4 Å². The minimum absolute atomic E-state index is 0.0580. The molecule has 0 spiro atoms. The molecular formula is C18H25O2P. The first-order valence-electron chi connectivity index (χ1n) is 7.32. The second kappa shape index (κ2) is 8.14. The van der Waals surface area contributed by atoms with Crippen molar-refractivity contribution in [2.45, 2.75) is 25.9 Å². The van der Waals surface area contributed by atoms with E-state index in [0.29, 0.717) is 24.3 Å². The Bertz CT molecular complexity index is 517. The van der Waals surface area contributed by atoms with E-state index in [4.69, 9.17) is 0 Å². The van der Waals surface area contributed by atoms with E-state index in [0.717, 1.165) is 0 Å². The van der Waals surface area contributed by atoms with Crippen LogP contribution < -0.4 is 0 Å². The summed E-state index contributed by atoms with van der Waals surface area (Å²) in [5.41, 5.74) is 0.563. The van der Waals surface area contributed by atoms with Crippen molar-refractivity contribution >= 4 is 12.9 Å². The number of allylic oxidation sites excluding steroid dienone is 2. The SMILES string of the molecule is C=CCP(=O)(CC=C)[C@@H](CC(=O)c1ccccc1)C(C)C. The Kier molecular flexibility index (Phi) is 6.84. The van der Waals surface area contributed by atoms with Crippen molar-refractivity contribution in [3.8, 4) is 0 Å². The van der Waals surface area contributed by atoms with Crippen LogP contribution in [0, 0.1) is 5.92 Å². The highest BCUT2D eigenvalue weighted by molar-refractivity contribution is 7.65. The zero-order chi connectivity index (χ0) is 15.9. The van der Waals surface area contributed by atoms with Crippen LogP contribution in [-0.4, -0.2) is 23.8 Å². The lowest BCUT2D eigenvalue weighted by Gasteiger charge is -2.29. The van der Waals surface area contributed by atoms with Gasteiger partial charge in [0.25, 0.3) is 0 Å². The van der Waals surface area contributed by atoms with Crippen LogP contribution in [0.3, 0.4) is 0 Å². The normalized spacial score (nSPS) is 12.9. The van der Waals surface area contributed by atoms with Gasteiger partial charge < -0.3 is 4.57 Å². The molecule has 0 aromatic heterocycles. The summed E-state index contributed by atoms with van der Waals surface area (Å²) >= 11 is 0. The Hall–Kier alpha value is -1.40. The zero-order valence-corrected chi connectivity index (χ0v) is 13.9. The lowest BCUT2D eigenvalue weighted by Crippen LogP contribution is -2.23. The molecule has 3 heteroatoms. The maximum Gasteiger partial charge on any atom is 0.163 e. The monoisotopic (exact) mass is 304 g/mol. The molecule has 0 amide bonds. The summed E-state index contributed by atoms with van der Waals surface area (Å²) in [4.78, 5) is 12.4. The summed E-state index contributed by atoms with van der Waals surface area (Å²) < 4.78 is 13.2. The van der Waals surface area contributed by atoms with Gasteiger partial charge >= 0.3 is 0 Å². The Morgan fingerprint density at radius 2 is 1.67 bits per heavy atom. The quantitative estimate of drug-likeness (QED) is 0.365. The first-order valence-corrected chi connectivity index (χ1v) is 9.47. The molecule has 0 saturated heterocycles. The molecule has 1 rings (SSSR count). The third-order valence-corrected chi connectivity index (χ3v) is 7.48. The molecule has 0 aliphatic heterocycles. The summed E-state index contributed by atoms with van der Waals surface area (Å²) in [6.45, 7) is 11.5. The van der Waals surface area contributed by atoms with Crippen LogP contribution in [0.4, 0.5) is 0 Å². The Labute approximate surface area is 128 Å². The third-order valence-electron chi connectivity index (χ3n) is 3.74. The molecule has 0 N–H and O–H groups in total.